The average molecular weight is 394 g/mol. The lowest BCUT2D eigenvalue weighted by Gasteiger charge is -2.09. The van der Waals surface area contributed by atoms with Gasteiger partial charge in [-0.2, -0.15) is 0 Å². The first-order valence-electron chi connectivity index (χ1n) is 9.26. The van der Waals surface area contributed by atoms with E-state index in [0.717, 1.165) is 5.75 Å². The summed E-state index contributed by atoms with van der Waals surface area (Å²) in [7, 11) is 0. The maximum atomic E-state index is 12.0. The average Bonchev–Trinajstić information content (AvgIpc) is 3.26. The van der Waals surface area contributed by atoms with Crippen LogP contribution in [0.25, 0.3) is 0 Å². The topological polar surface area (TPSA) is 89.8 Å². The van der Waals surface area contributed by atoms with Gasteiger partial charge in [-0.15, -0.1) is 0 Å². The Kier molecular flexibility index (Phi) is 6.89. The monoisotopic (exact) mass is 394 g/mol. The highest BCUT2D eigenvalue weighted by Crippen LogP contribution is 2.25. The standard InChI is InChI=1S/C22H22N2O5/c1-2-27-17-9-11-19(12-10-17)29-18-7-5-16(6-8-18)24-21(25)13-14-23-22(26)20-4-3-15-28-20/h3-12,15H,2,13-14H2,1H3,(H,23,26)(H,24,25). The molecular formula is C22H22N2O5. The molecule has 0 spiro atoms. The van der Waals surface area contributed by atoms with Crippen molar-refractivity contribution < 1.29 is 23.5 Å². The SMILES string of the molecule is CCOc1ccc(Oc2ccc(NC(=O)CCNC(=O)c3ccco3)cc2)cc1. The van der Waals surface area contributed by atoms with Crippen molar-refractivity contribution in [3.05, 3.63) is 72.7 Å². The summed E-state index contributed by atoms with van der Waals surface area (Å²) in [6, 6.07) is 17.6. The van der Waals surface area contributed by atoms with Gasteiger partial charge in [0.05, 0.1) is 12.9 Å². The number of hydrogen-bond acceptors (Lipinski definition) is 5. The van der Waals surface area contributed by atoms with Crippen molar-refractivity contribution in [2.75, 3.05) is 18.5 Å². The van der Waals surface area contributed by atoms with Gasteiger partial charge < -0.3 is 24.5 Å². The summed E-state index contributed by atoms with van der Waals surface area (Å²) in [6.07, 6.45) is 1.57. The van der Waals surface area contributed by atoms with E-state index in [0.29, 0.717) is 23.8 Å². The van der Waals surface area contributed by atoms with E-state index in [1.165, 1.54) is 6.26 Å². The molecule has 29 heavy (non-hydrogen) atoms. The third-order valence-electron chi connectivity index (χ3n) is 3.89. The fraction of sp³-hybridized carbons (Fsp3) is 0.182. The van der Waals surface area contributed by atoms with Gasteiger partial charge in [-0.1, -0.05) is 0 Å². The summed E-state index contributed by atoms with van der Waals surface area (Å²) < 4.78 is 16.2. The van der Waals surface area contributed by atoms with Gasteiger partial charge in [0.2, 0.25) is 5.91 Å². The first-order chi connectivity index (χ1) is 14.1. The largest absolute Gasteiger partial charge is 0.494 e. The molecule has 0 unspecified atom stereocenters. The van der Waals surface area contributed by atoms with Crippen LogP contribution < -0.4 is 20.1 Å². The van der Waals surface area contributed by atoms with Crippen LogP contribution in [0.4, 0.5) is 5.69 Å². The highest BCUT2D eigenvalue weighted by Gasteiger charge is 2.09. The fourth-order valence-electron chi connectivity index (χ4n) is 2.52. The van der Waals surface area contributed by atoms with Crippen molar-refractivity contribution >= 4 is 17.5 Å². The number of furan rings is 1. The van der Waals surface area contributed by atoms with Crippen LogP contribution in [0.1, 0.15) is 23.9 Å². The molecule has 0 bridgehead atoms. The van der Waals surface area contributed by atoms with E-state index in [-0.39, 0.29) is 30.5 Å². The van der Waals surface area contributed by atoms with Gasteiger partial charge in [-0.05, 0) is 67.6 Å². The fourth-order valence-corrected chi connectivity index (χ4v) is 2.52. The van der Waals surface area contributed by atoms with E-state index in [1.807, 2.05) is 31.2 Å². The maximum absolute atomic E-state index is 12.0. The number of hydrogen-bond donors (Lipinski definition) is 2. The van der Waals surface area contributed by atoms with Crippen molar-refractivity contribution in [3.63, 3.8) is 0 Å². The van der Waals surface area contributed by atoms with Gasteiger partial charge in [0.25, 0.3) is 5.91 Å². The summed E-state index contributed by atoms with van der Waals surface area (Å²) in [4.78, 5) is 23.7. The zero-order valence-electron chi connectivity index (χ0n) is 16.0. The quantitative estimate of drug-likeness (QED) is 0.567. The van der Waals surface area contributed by atoms with Gasteiger partial charge in [-0.3, -0.25) is 9.59 Å². The van der Waals surface area contributed by atoms with Gasteiger partial charge in [0.1, 0.15) is 17.2 Å². The molecule has 0 fully saturated rings. The molecule has 2 amide bonds. The third kappa shape index (κ3) is 6.14. The molecule has 0 atom stereocenters. The van der Waals surface area contributed by atoms with E-state index >= 15 is 0 Å². The number of rotatable bonds is 9. The predicted octanol–water partition coefficient (Wildman–Crippen LogP) is 4.23. The number of ether oxygens (including phenoxy) is 2. The highest BCUT2D eigenvalue weighted by atomic mass is 16.5. The second kappa shape index (κ2) is 9.98. The number of anilines is 1. The van der Waals surface area contributed by atoms with E-state index in [1.54, 1.807) is 36.4 Å². The molecule has 2 aromatic carbocycles. The first kappa shape index (κ1) is 20.0. The molecule has 3 aromatic rings. The summed E-state index contributed by atoms with van der Waals surface area (Å²) in [5, 5.41) is 5.40. The summed E-state index contributed by atoms with van der Waals surface area (Å²) >= 11 is 0. The van der Waals surface area contributed by atoms with Crippen molar-refractivity contribution in [1.29, 1.82) is 0 Å². The Morgan fingerprint density at radius 1 is 0.931 bits per heavy atom. The molecule has 0 radical (unpaired) electrons. The van der Waals surface area contributed by atoms with Crippen molar-refractivity contribution in [2.45, 2.75) is 13.3 Å². The number of amides is 2. The minimum absolute atomic E-state index is 0.150. The van der Waals surface area contributed by atoms with Crippen LogP contribution in [0.2, 0.25) is 0 Å². The molecule has 0 saturated heterocycles. The van der Waals surface area contributed by atoms with Gasteiger partial charge in [0.15, 0.2) is 5.76 Å². The zero-order chi connectivity index (χ0) is 20.5. The molecular weight excluding hydrogens is 372 g/mol. The van der Waals surface area contributed by atoms with Crippen LogP contribution in [0.15, 0.2) is 71.3 Å². The van der Waals surface area contributed by atoms with Crippen LogP contribution >= 0.6 is 0 Å². The lowest BCUT2D eigenvalue weighted by atomic mass is 10.2. The lowest BCUT2D eigenvalue weighted by Crippen LogP contribution is -2.27. The summed E-state index contributed by atoms with van der Waals surface area (Å²) in [6.45, 7) is 2.76. The molecule has 0 aliphatic heterocycles. The molecule has 1 aromatic heterocycles. The molecule has 7 heteroatoms. The normalized spacial score (nSPS) is 10.2. The molecule has 0 aliphatic carbocycles. The minimum atomic E-state index is -0.349. The van der Waals surface area contributed by atoms with E-state index in [2.05, 4.69) is 10.6 Å². The Hall–Kier alpha value is -3.74. The van der Waals surface area contributed by atoms with Crippen LogP contribution in [-0.2, 0) is 4.79 Å². The van der Waals surface area contributed by atoms with Crippen LogP contribution in [0.3, 0.4) is 0 Å². The maximum Gasteiger partial charge on any atom is 0.286 e. The Morgan fingerprint density at radius 2 is 1.59 bits per heavy atom. The van der Waals surface area contributed by atoms with Crippen LogP contribution in [0, 0.1) is 0 Å². The Labute approximate surface area is 168 Å². The molecule has 0 saturated carbocycles. The lowest BCUT2D eigenvalue weighted by molar-refractivity contribution is -0.116. The molecule has 1 heterocycles. The third-order valence-corrected chi connectivity index (χ3v) is 3.89. The second-order valence-electron chi connectivity index (χ2n) is 6.06. The summed E-state index contributed by atoms with van der Waals surface area (Å²) in [5.74, 6) is 1.80. The zero-order valence-corrected chi connectivity index (χ0v) is 16.0. The van der Waals surface area contributed by atoms with Crippen molar-refractivity contribution in [1.82, 2.24) is 5.32 Å². The molecule has 2 N–H and O–H groups in total. The predicted molar refractivity (Wildman–Crippen MR) is 108 cm³/mol. The Balaban J connectivity index is 1.43. The molecule has 0 aliphatic rings. The highest BCUT2D eigenvalue weighted by molar-refractivity contribution is 5.93. The summed E-state index contributed by atoms with van der Waals surface area (Å²) in [5.41, 5.74) is 0.645. The Morgan fingerprint density at radius 3 is 2.21 bits per heavy atom. The van der Waals surface area contributed by atoms with Gasteiger partial charge in [-0.25, -0.2) is 0 Å². The van der Waals surface area contributed by atoms with Crippen LogP contribution in [0.5, 0.6) is 17.2 Å². The number of benzene rings is 2. The molecule has 3 rings (SSSR count). The van der Waals surface area contributed by atoms with Crippen molar-refractivity contribution in [2.24, 2.45) is 0 Å². The van der Waals surface area contributed by atoms with E-state index in [4.69, 9.17) is 13.9 Å². The molecule has 7 nitrogen and oxygen atoms in total. The van der Waals surface area contributed by atoms with E-state index in [9.17, 15) is 9.59 Å². The number of carbonyl (C=O) groups excluding carboxylic acids is 2. The minimum Gasteiger partial charge on any atom is -0.494 e. The first-order valence-corrected chi connectivity index (χ1v) is 9.26. The van der Waals surface area contributed by atoms with Gasteiger partial charge >= 0.3 is 0 Å². The molecule has 150 valence electrons. The second-order valence-corrected chi connectivity index (χ2v) is 6.06. The number of nitrogens with one attached hydrogen (secondary N) is 2. The van der Waals surface area contributed by atoms with Crippen LogP contribution in [-0.4, -0.2) is 25.0 Å². The van der Waals surface area contributed by atoms with Crippen molar-refractivity contribution in [3.8, 4) is 17.2 Å². The number of carbonyl (C=O) groups is 2. The Bertz CT molecular complexity index is 919. The van der Waals surface area contributed by atoms with E-state index < -0.39 is 0 Å². The smallest absolute Gasteiger partial charge is 0.286 e. The van der Waals surface area contributed by atoms with Gasteiger partial charge in [0, 0.05) is 18.7 Å².